The van der Waals surface area contributed by atoms with Crippen LogP contribution in [0.3, 0.4) is 0 Å². The van der Waals surface area contributed by atoms with Gasteiger partial charge in [0, 0.05) is 30.9 Å². The Balaban J connectivity index is 1.50. The van der Waals surface area contributed by atoms with E-state index in [0.717, 1.165) is 43.7 Å². The molecule has 2 aromatic rings. The predicted octanol–water partition coefficient (Wildman–Crippen LogP) is 2.57. The van der Waals surface area contributed by atoms with Gasteiger partial charge in [-0.15, -0.1) is 0 Å². The van der Waals surface area contributed by atoms with Gasteiger partial charge in [-0.3, -0.25) is 4.98 Å². The zero-order chi connectivity index (χ0) is 15.9. The van der Waals surface area contributed by atoms with E-state index in [1.807, 2.05) is 54.7 Å². The van der Waals surface area contributed by atoms with Crippen molar-refractivity contribution in [3.8, 4) is 5.75 Å². The maximum Gasteiger partial charge on any atom is 0.126 e. The minimum absolute atomic E-state index is 0.0844. The molecule has 1 heterocycles. The van der Waals surface area contributed by atoms with Crippen LogP contribution in [0.25, 0.3) is 0 Å². The Morgan fingerprint density at radius 3 is 2.70 bits per heavy atom. The molecule has 1 aromatic heterocycles. The Morgan fingerprint density at radius 2 is 1.91 bits per heavy atom. The van der Waals surface area contributed by atoms with Crippen molar-refractivity contribution >= 4 is 0 Å². The number of hydrogen-bond acceptors (Lipinski definition) is 4. The first-order chi connectivity index (χ1) is 11.3. The zero-order valence-corrected chi connectivity index (χ0v) is 13.3. The van der Waals surface area contributed by atoms with Crippen LogP contribution in [0.4, 0.5) is 0 Å². The van der Waals surface area contributed by atoms with Crippen molar-refractivity contribution in [3.05, 3.63) is 60.4 Å². The van der Waals surface area contributed by atoms with Gasteiger partial charge >= 0.3 is 0 Å². The molecule has 0 radical (unpaired) electrons. The normalized spacial score (nSPS) is 24.3. The van der Waals surface area contributed by atoms with Gasteiger partial charge in [-0.1, -0.05) is 24.3 Å². The van der Waals surface area contributed by atoms with Gasteiger partial charge in [0.2, 0.25) is 0 Å². The summed E-state index contributed by atoms with van der Waals surface area (Å²) in [5, 5.41) is 14.0. The Hall–Kier alpha value is -1.91. The first-order valence-corrected chi connectivity index (χ1v) is 8.36. The van der Waals surface area contributed by atoms with Gasteiger partial charge in [-0.25, -0.2) is 0 Å². The molecule has 1 saturated carbocycles. The fourth-order valence-electron chi connectivity index (χ4n) is 3.10. The maximum atomic E-state index is 10.6. The molecule has 0 saturated heterocycles. The van der Waals surface area contributed by atoms with Crippen LogP contribution in [0.5, 0.6) is 5.75 Å². The molecule has 1 fully saturated rings. The first-order valence-electron chi connectivity index (χ1n) is 8.36. The molecule has 0 aliphatic heterocycles. The van der Waals surface area contributed by atoms with E-state index in [4.69, 9.17) is 4.74 Å². The molecular weight excluding hydrogens is 288 g/mol. The van der Waals surface area contributed by atoms with Crippen molar-refractivity contribution in [3.63, 3.8) is 0 Å². The lowest BCUT2D eigenvalue weighted by molar-refractivity contribution is -0.0151. The van der Waals surface area contributed by atoms with Crippen LogP contribution >= 0.6 is 0 Å². The first kappa shape index (κ1) is 16.0. The molecular formula is C19H24N2O2. The van der Waals surface area contributed by atoms with E-state index in [1.54, 1.807) is 0 Å². The zero-order valence-electron chi connectivity index (χ0n) is 13.3. The van der Waals surface area contributed by atoms with Crippen molar-refractivity contribution in [2.45, 2.75) is 43.9 Å². The number of hydrogen-bond donors (Lipinski definition) is 2. The summed E-state index contributed by atoms with van der Waals surface area (Å²) in [7, 11) is 0. The number of aromatic nitrogens is 1. The summed E-state index contributed by atoms with van der Waals surface area (Å²) < 4.78 is 5.96. The summed E-state index contributed by atoms with van der Waals surface area (Å²) in [6.45, 7) is 0.816. The van der Waals surface area contributed by atoms with Crippen molar-refractivity contribution in [2.75, 3.05) is 6.54 Å². The third-order valence-electron chi connectivity index (χ3n) is 4.34. The highest BCUT2D eigenvalue weighted by molar-refractivity contribution is 5.21. The molecule has 3 rings (SSSR count). The van der Waals surface area contributed by atoms with Crippen molar-refractivity contribution < 1.29 is 9.84 Å². The summed E-state index contributed by atoms with van der Waals surface area (Å²) in [5.74, 6) is 0.825. The summed E-state index contributed by atoms with van der Waals surface area (Å²) >= 11 is 0. The number of ether oxygens (including phenoxy) is 1. The fraction of sp³-hybridized carbons (Fsp3) is 0.421. The van der Waals surface area contributed by atoms with Gasteiger partial charge in [0.15, 0.2) is 0 Å². The molecule has 23 heavy (non-hydrogen) atoms. The van der Waals surface area contributed by atoms with Crippen LogP contribution in [0, 0.1) is 0 Å². The van der Waals surface area contributed by atoms with E-state index >= 15 is 0 Å². The smallest absolute Gasteiger partial charge is 0.126 e. The molecule has 1 aliphatic rings. The highest BCUT2D eigenvalue weighted by Crippen LogP contribution is 2.24. The molecule has 4 heteroatoms. The molecule has 0 bridgehead atoms. The number of benzene rings is 1. The summed E-state index contributed by atoms with van der Waals surface area (Å²) in [5.41, 5.74) is 1.07. The van der Waals surface area contributed by atoms with E-state index in [1.165, 1.54) is 0 Å². The Labute approximate surface area is 137 Å². The molecule has 122 valence electrons. The van der Waals surface area contributed by atoms with Crippen LogP contribution in [-0.2, 0) is 6.42 Å². The number of pyridine rings is 1. The van der Waals surface area contributed by atoms with E-state index in [2.05, 4.69) is 10.3 Å². The van der Waals surface area contributed by atoms with Gasteiger partial charge in [-0.05, 0) is 43.5 Å². The van der Waals surface area contributed by atoms with E-state index < -0.39 is 6.10 Å². The third kappa shape index (κ3) is 4.53. The molecule has 4 nitrogen and oxygen atoms in total. The monoisotopic (exact) mass is 312 g/mol. The van der Waals surface area contributed by atoms with Gasteiger partial charge in [0.1, 0.15) is 18.0 Å². The minimum Gasteiger partial charge on any atom is -0.488 e. The van der Waals surface area contributed by atoms with Gasteiger partial charge in [-0.2, -0.15) is 0 Å². The molecule has 0 spiro atoms. The average molecular weight is 312 g/mol. The second-order valence-corrected chi connectivity index (χ2v) is 6.02. The number of para-hydroxylation sites is 1. The van der Waals surface area contributed by atoms with Crippen molar-refractivity contribution in [1.29, 1.82) is 0 Å². The van der Waals surface area contributed by atoms with Crippen molar-refractivity contribution in [1.82, 2.24) is 10.3 Å². The topological polar surface area (TPSA) is 54.4 Å². The molecule has 2 N–H and O–H groups in total. The molecule has 3 atom stereocenters. The van der Waals surface area contributed by atoms with Gasteiger partial charge < -0.3 is 15.2 Å². The predicted molar refractivity (Wildman–Crippen MR) is 90.4 cm³/mol. The van der Waals surface area contributed by atoms with Crippen LogP contribution < -0.4 is 10.1 Å². The Kier molecular flexibility index (Phi) is 5.61. The number of nitrogens with one attached hydrogen (secondary N) is 1. The summed E-state index contributed by atoms with van der Waals surface area (Å²) in [4.78, 5) is 4.32. The van der Waals surface area contributed by atoms with E-state index in [0.29, 0.717) is 0 Å². The van der Waals surface area contributed by atoms with Crippen LogP contribution in [0.2, 0.25) is 0 Å². The Morgan fingerprint density at radius 1 is 1.09 bits per heavy atom. The number of aliphatic hydroxyl groups is 1. The molecule has 1 aromatic carbocycles. The van der Waals surface area contributed by atoms with Gasteiger partial charge in [0.05, 0.1) is 0 Å². The highest BCUT2D eigenvalue weighted by atomic mass is 16.5. The van der Waals surface area contributed by atoms with Crippen molar-refractivity contribution in [2.24, 2.45) is 0 Å². The average Bonchev–Trinajstić information content (AvgIpc) is 2.60. The number of nitrogens with zero attached hydrogens (tertiary/aromatic N) is 1. The lowest BCUT2D eigenvalue weighted by Gasteiger charge is -2.35. The standard InChI is InChI=1S/C19H24N2O2/c22-19-17(21-14-12-15-7-4-5-13-20-15)10-6-11-18(19)23-16-8-2-1-3-9-16/h1-5,7-9,13,17-19,21-22H,6,10-12,14H2/t17-,18+,19+/m0/s1. The minimum atomic E-state index is -0.479. The fourth-order valence-corrected chi connectivity index (χ4v) is 3.10. The quantitative estimate of drug-likeness (QED) is 0.861. The van der Waals surface area contributed by atoms with Crippen LogP contribution in [0.15, 0.2) is 54.7 Å². The van der Waals surface area contributed by atoms with Gasteiger partial charge in [0.25, 0.3) is 0 Å². The molecule has 0 unspecified atom stereocenters. The maximum absolute atomic E-state index is 10.6. The second kappa shape index (κ2) is 8.09. The SMILES string of the molecule is O[C@@H]1[C@@H](NCCc2ccccn2)CCC[C@H]1Oc1ccccc1. The van der Waals surface area contributed by atoms with E-state index in [9.17, 15) is 5.11 Å². The third-order valence-corrected chi connectivity index (χ3v) is 4.34. The lowest BCUT2D eigenvalue weighted by Crippen LogP contribution is -2.51. The van der Waals surface area contributed by atoms with Crippen LogP contribution in [0.1, 0.15) is 25.0 Å². The Bertz CT molecular complexity index is 576. The molecule has 0 amide bonds. The second-order valence-electron chi connectivity index (χ2n) is 6.02. The summed E-state index contributed by atoms with van der Waals surface area (Å²) in [6.07, 6.45) is 5.01. The lowest BCUT2D eigenvalue weighted by atomic mass is 9.89. The van der Waals surface area contributed by atoms with E-state index in [-0.39, 0.29) is 12.1 Å². The number of aliphatic hydroxyl groups excluding tert-OH is 1. The largest absolute Gasteiger partial charge is 0.488 e. The summed E-state index contributed by atoms with van der Waals surface area (Å²) in [6, 6.07) is 15.8. The number of rotatable bonds is 6. The highest BCUT2D eigenvalue weighted by Gasteiger charge is 2.32. The molecule has 1 aliphatic carbocycles. The van der Waals surface area contributed by atoms with Crippen LogP contribution in [-0.4, -0.2) is 34.9 Å².